The van der Waals surface area contributed by atoms with Crippen molar-refractivity contribution < 1.29 is 32.9 Å². The van der Waals surface area contributed by atoms with Gasteiger partial charge < -0.3 is 34.9 Å². The summed E-state index contributed by atoms with van der Waals surface area (Å²) in [5, 5.41) is 15.8. The van der Waals surface area contributed by atoms with Gasteiger partial charge in [-0.1, -0.05) is 25.8 Å². The SMILES string of the molecule is CCCCCC1(O)C(N)N(c2ccc(N3CCN(c4ccc(OC[C@H]5OC[C@](Cn6cncn6)(c6ccc(F)cc6F)O5)cc4)CC3)cc2)C(=O)N1C(C)C. The predicted molar refractivity (Wildman–Crippen MR) is 204 cm³/mol. The van der Waals surface area contributed by atoms with E-state index in [2.05, 4.69) is 26.8 Å². The van der Waals surface area contributed by atoms with Crippen LogP contribution in [0, 0.1) is 11.6 Å². The molecule has 294 valence electrons. The van der Waals surface area contributed by atoms with Crippen LogP contribution < -0.4 is 25.2 Å². The summed E-state index contributed by atoms with van der Waals surface area (Å²) in [7, 11) is 0. The van der Waals surface area contributed by atoms with Crippen LogP contribution in [0.25, 0.3) is 0 Å². The zero-order chi connectivity index (χ0) is 38.7. The Hall–Kier alpha value is -4.83. The molecule has 55 heavy (non-hydrogen) atoms. The number of hydrogen-bond donors (Lipinski definition) is 2. The van der Waals surface area contributed by atoms with Gasteiger partial charge in [0.05, 0.1) is 13.2 Å². The van der Waals surface area contributed by atoms with Crippen molar-refractivity contribution in [2.24, 2.45) is 5.73 Å². The summed E-state index contributed by atoms with van der Waals surface area (Å²) in [4.78, 5) is 25.2. The molecule has 4 atom stereocenters. The Labute approximate surface area is 320 Å². The van der Waals surface area contributed by atoms with E-state index in [1.54, 1.807) is 0 Å². The van der Waals surface area contributed by atoms with E-state index < -0.39 is 35.4 Å². The van der Waals surface area contributed by atoms with Gasteiger partial charge in [0.2, 0.25) is 0 Å². The molecule has 2 amide bonds. The Morgan fingerprint density at radius 3 is 2.22 bits per heavy atom. The number of rotatable bonds is 14. The summed E-state index contributed by atoms with van der Waals surface area (Å²) in [6.07, 6.45) is 4.41. The fraction of sp³-hybridized carbons (Fsp3) is 0.475. The molecule has 3 aliphatic heterocycles. The van der Waals surface area contributed by atoms with Crippen LogP contribution in [0.5, 0.6) is 5.75 Å². The van der Waals surface area contributed by atoms with Gasteiger partial charge in [-0.3, -0.25) is 9.80 Å². The van der Waals surface area contributed by atoms with Gasteiger partial charge in [0.15, 0.2) is 12.0 Å². The number of ether oxygens (including phenoxy) is 3. The van der Waals surface area contributed by atoms with Crippen molar-refractivity contribution in [3.63, 3.8) is 0 Å². The van der Waals surface area contributed by atoms with E-state index in [-0.39, 0.29) is 37.4 Å². The van der Waals surface area contributed by atoms with Gasteiger partial charge in [-0.2, -0.15) is 5.10 Å². The zero-order valence-electron chi connectivity index (χ0n) is 31.6. The van der Waals surface area contributed by atoms with Gasteiger partial charge in [-0.05, 0) is 81.3 Å². The number of unbranched alkanes of at least 4 members (excludes halogenated alkanes) is 2. The summed E-state index contributed by atoms with van der Waals surface area (Å²) in [6, 6.07) is 18.6. The first-order chi connectivity index (χ1) is 26.5. The van der Waals surface area contributed by atoms with Crippen molar-refractivity contribution in [1.82, 2.24) is 19.7 Å². The maximum absolute atomic E-state index is 15.0. The second-order valence-electron chi connectivity index (χ2n) is 14.8. The highest BCUT2D eigenvalue weighted by Crippen LogP contribution is 2.39. The lowest BCUT2D eigenvalue weighted by Gasteiger charge is -2.37. The number of nitrogens with two attached hydrogens (primary N) is 1. The minimum Gasteiger partial charge on any atom is -0.488 e. The van der Waals surface area contributed by atoms with E-state index in [1.165, 1.54) is 39.3 Å². The monoisotopic (exact) mass is 760 g/mol. The molecule has 0 saturated carbocycles. The first kappa shape index (κ1) is 38.4. The standard InChI is InChI=1S/C40H50F2N8O5/c1-4-5-6-17-40(52)37(43)49(38(51)50(40)28(2)3)32-10-8-30(9-11-32)46-18-20-47(21-19-46)31-12-14-33(15-13-31)53-23-36-54-25-39(55-36,24-48-27-44-26-45-48)34-16-7-29(41)22-35(34)42/h7-16,22,26-28,36-37,52H,4-6,17-21,23-25,43H2,1-3H3/t36-,37?,39+,40?/m0/s1. The van der Waals surface area contributed by atoms with Crippen molar-refractivity contribution in [3.05, 3.63) is 96.6 Å². The second-order valence-corrected chi connectivity index (χ2v) is 14.8. The average Bonchev–Trinajstić information content (AvgIpc) is 3.89. The average molecular weight is 761 g/mol. The molecular formula is C40H50F2N8O5. The minimum atomic E-state index is -1.43. The highest BCUT2D eigenvalue weighted by atomic mass is 19.1. The third kappa shape index (κ3) is 7.83. The normalized spacial score (nSPS) is 24.4. The Balaban J connectivity index is 0.922. The number of piperazine rings is 1. The molecule has 0 spiro atoms. The lowest BCUT2D eigenvalue weighted by atomic mass is 9.94. The molecule has 7 rings (SSSR count). The molecule has 3 aliphatic rings. The molecule has 4 aromatic rings. The van der Waals surface area contributed by atoms with Gasteiger partial charge >= 0.3 is 6.03 Å². The number of carbonyl (C=O) groups excluding carboxylic acids is 1. The molecule has 2 unspecified atom stereocenters. The van der Waals surface area contributed by atoms with E-state index in [0.717, 1.165) is 62.9 Å². The van der Waals surface area contributed by atoms with Crippen molar-refractivity contribution in [2.75, 3.05) is 54.1 Å². The summed E-state index contributed by atoms with van der Waals surface area (Å²) in [5.74, 6) is -0.782. The first-order valence-corrected chi connectivity index (χ1v) is 19.0. The first-order valence-electron chi connectivity index (χ1n) is 19.0. The summed E-state index contributed by atoms with van der Waals surface area (Å²) in [6.45, 7) is 9.34. The maximum Gasteiger partial charge on any atom is 0.328 e. The number of anilines is 3. The number of hydrogen-bond acceptors (Lipinski definition) is 10. The van der Waals surface area contributed by atoms with Crippen LogP contribution >= 0.6 is 0 Å². The zero-order valence-corrected chi connectivity index (χ0v) is 31.6. The number of aliphatic hydroxyl groups is 1. The molecule has 0 bridgehead atoms. The van der Waals surface area contributed by atoms with E-state index in [4.69, 9.17) is 19.9 Å². The molecule has 3 fully saturated rings. The van der Waals surface area contributed by atoms with Gasteiger partial charge in [0.1, 0.15) is 48.4 Å². The van der Waals surface area contributed by atoms with Gasteiger partial charge in [-0.25, -0.2) is 23.2 Å². The minimum absolute atomic E-state index is 0.0192. The fourth-order valence-corrected chi connectivity index (χ4v) is 7.93. The van der Waals surface area contributed by atoms with Crippen LogP contribution in [0.15, 0.2) is 79.4 Å². The summed E-state index contributed by atoms with van der Waals surface area (Å²) >= 11 is 0. The number of carbonyl (C=O) groups is 1. The Morgan fingerprint density at radius 2 is 1.62 bits per heavy atom. The van der Waals surface area contributed by atoms with Gasteiger partial charge in [-0.15, -0.1) is 0 Å². The van der Waals surface area contributed by atoms with Crippen LogP contribution in [0.2, 0.25) is 0 Å². The van der Waals surface area contributed by atoms with E-state index in [0.29, 0.717) is 17.9 Å². The van der Waals surface area contributed by atoms with Gasteiger partial charge in [0, 0.05) is 60.9 Å². The third-order valence-corrected chi connectivity index (χ3v) is 10.8. The lowest BCUT2D eigenvalue weighted by molar-refractivity contribution is -0.117. The van der Waals surface area contributed by atoms with Crippen molar-refractivity contribution >= 4 is 23.1 Å². The third-order valence-electron chi connectivity index (χ3n) is 10.8. The van der Waals surface area contributed by atoms with Crippen LogP contribution in [0.1, 0.15) is 52.0 Å². The molecule has 1 aromatic heterocycles. The molecule has 3 N–H and O–H groups in total. The molecular weight excluding hydrogens is 710 g/mol. The Morgan fingerprint density at radius 1 is 0.964 bits per heavy atom. The van der Waals surface area contributed by atoms with Crippen LogP contribution in [-0.2, 0) is 21.6 Å². The van der Waals surface area contributed by atoms with E-state index in [9.17, 15) is 18.7 Å². The molecule has 4 heterocycles. The molecule has 13 nitrogen and oxygen atoms in total. The van der Waals surface area contributed by atoms with Crippen LogP contribution in [-0.4, -0.2) is 94.4 Å². The largest absolute Gasteiger partial charge is 0.488 e. The lowest BCUT2D eigenvalue weighted by Crippen LogP contribution is -2.57. The fourth-order valence-electron chi connectivity index (χ4n) is 7.93. The van der Waals surface area contributed by atoms with Crippen molar-refractivity contribution in [1.29, 1.82) is 0 Å². The number of nitrogens with zero attached hydrogens (tertiary/aromatic N) is 7. The maximum atomic E-state index is 15.0. The number of aromatic nitrogens is 3. The molecule has 0 radical (unpaired) electrons. The number of benzene rings is 3. The Kier molecular flexibility index (Phi) is 11.3. The number of urea groups is 1. The molecule has 3 saturated heterocycles. The van der Waals surface area contributed by atoms with E-state index in [1.807, 2.05) is 62.4 Å². The van der Waals surface area contributed by atoms with Crippen molar-refractivity contribution in [2.45, 2.75) is 82.8 Å². The number of amides is 2. The molecule has 0 aliphatic carbocycles. The highest BCUT2D eigenvalue weighted by molar-refractivity contribution is 5.96. The quantitative estimate of drug-likeness (QED) is 0.160. The van der Waals surface area contributed by atoms with Crippen LogP contribution in [0.4, 0.5) is 30.6 Å². The summed E-state index contributed by atoms with van der Waals surface area (Å²) in [5.41, 5.74) is 6.88. The summed E-state index contributed by atoms with van der Waals surface area (Å²) < 4.78 is 48.4. The van der Waals surface area contributed by atoms with Gasteiger partial charge in [0.25, 0.3) is 0 Å². The molecule has 15 heteroatoms. The highest BCUT2D eigenvalue weighted by Gasteiger charge is 2.56. The number of halogens is 2. The molecule has 3 aromatic carbocycles. The van der Waals surface area contributed by atoms with E-state index >= 15 is 0 Å². The topological polar surface area (TPSA) is 135 Å². The van der Waals surface area contributed by atoms with Crippen LogP contribution in [0.3, 0.4) is 0 Å². The van der Waals surface area contributed by atoms with Crippen molar-refractivity contribution in [3.8, 4) is 5.75 Å². The Bertz CT molecular complexity index is 1890. The second kappa shape index (κ2) is 16.1. The predicted octanol–water partition coefficient (Wildman–Crippen LogP) is 5.43. The smallest absolute Gasteiger partial charge is 0.328 e.